The number of aromatic nitrogens is 2. The zero-order valence-corrected chi connectivity index (χ0v) is 12.6. The average molecular weight is 308 g/mol. The molecule has 0 amide bonds. The van der Waals surface area contributed by atoms with E-state index in [4.69, 9.17) is 0 Å². The summed E-state index contributed by atoms with van der Waals surface area (Å²) in [7, 11) is 4.03. The van der Waals surface area contributed by atoms with Crippen molar-refractivity contribution in [2.24, 2.45) is 7.05 Å². The van der Waals surface area contributed by atoms with Crippen molar-refractivity contribution in [2.45, 2.75) is 13.3 Å². The van der Waals surface area contributed by atoms with E-state index in [1.165, 1.54) is 11.1 Å². The van der Waals surface area contributed by atoms with Gasteiger partial charge in [0.05, 0.1) is 5.69 Å². The Labute approximate surface area is 116 Å². The van der Waals surface area contributed by atoms with Gasteiger partial charge < -0.3 is 9.88 Å². The fraction of sp³-hybridized carbons (Fsp3) is 0.357. The van der Waals surface area contributed by atoms with E-state index in [9.17, 15) is 0 Å². The highest BCUT2D eigenvalue weighted by Gasteiger charge is 2.15. The van der Waals surface area contributed by atoms with Crippen LogP contribution in [0.3, 0.4) is 0 Å². The van der Waals surface area contributed by atoms with Crippen LogP contribution in [0.5, 0.6) is 0 Å². The summed E-state index contributed by atoms with van der Waals surface area (Å²) in [5, 5.41) is 3.15. The number of halogens is 1. The highest BCUT2D eigenvalue weighted by Crippen LogP contribution is 2.30. The molecule has 0 unspecified atom stereocenters. The zero-order valence-electron chi connectivity index (χ0n) is 11.0. The van der Waals surface area contributed by atoms with Gasteiger partial charge in [-0.15, -0.1) is 0 Å². The largest absolute Gasteiger partial charge is 0.330 e. The maximum atomic E-state index is 4.60. The van der Waals surface area contributed by atoms with E-state index in [2.05, 4.69) is 69.0 Å². The van der Waals surface area contributed by atoms with E-state index < -0.39 is 0 Å². The standard InChI is InChI=1S/C14H18BrN3/c1-10-6-4-5-7-11(10)13-14(15)17-12(18(13)3)8-9-16-2/h4-7,16H,8-9H2,1-3H3. The Bertz CT molecular complexity index is 546. The van der Waals surface area contributed by atoms with Crippen molar-refractivity contribution in [3.8, 4) is 11.3 Å². The van der Waals surface area contributed by atoms with Gasteiger partial charge in [-0.3, -0.25) is 0 Å². The third kappa shape index (κ3) is 2.49. The predicted octanol–water partition coefficient (Wildman–Crippen LogP) is 2.92. The van der Waals surface area contributed by atoms with Gasteiger partial charge in [0.1, 0.15) is 10.4 Å². The summed E-state index contributed by atoms with van der Waals surface area (Å²) in [6.07, 6.45) is 0.928. The van der Waals surface area contributed by atoms with Crippen molar-refractivity contribution >= 4 is 15.9 Å². The molecular formula is C14H18BrN3. The highest BCUT2D eigenvalue weighted by atomic mass is 79.9. The van der Waals surface area contributed by atoms with E-state index in [0.29, 0.717) is 0 Å². The summed E-state index contributed by atoms with van der Waals surface area (Å²) in [5.41, 5.74) is 3.65. The molecule has 0 fully saturated rings. The second-order valence-corrected chi connectivity index (χ2v) is 5.15. The molecule has 3 nitrogen and oxygen atoms in total. The van der Waals surface area contributed by atoms with Gasteiger partial charge in [0.2, 0.25) is 0 Å². The lowest BCUT2D eigenvalue weighted by Crippen LogP contribution is -2.13. The number of benzene rings is 1. The van der Waals surface area contributed by atoms with Gasteiger partial charge in [-0.1, -0.05) is 24.3 Å². The first kappa shape index (κ1) is 13.3. The molecular weight excluding hydrogens is 290 g/mol. The molecule has 96 valence electrons. The molecule has 0 bridgehead atoms. The van der Waals surface area contributed by atoms with Crippen molar-refractivity contribution in [2.75, 3.05) is 13.6 Å². The Morgan fingerprint density at radius 3 is 2.72 bits per heavy atom. The highest BCUT2D eigenvalue weighted by molar-refractivity contribution is 9.10. The Kier molecular flexibility index (Phi) is 4.19. The van der Waals surface area contributed by atoms with Crippen LogP contribution in [0.4, 0.5) is 0 Å². The number of imidazole rings is 1. The molecule has 1 heterocycles. The van der Waals surface area contributed by atoms with Crippen LogP contribution in [0.25, 0.3) is 11.3 Å². The molecule has 1 aromatic carbocycles. The van der Waals surface area contributed by atoms with Gasteiger partial charge >= 0.3 is 0 Å². The van der Waals surface area contributed by atoms with Crippen molar-refractivity contribution in [1.29, 1.82) is 0 Å². The molecule has 0 spiro atoms. The Hall–Kier alpha value is -1.13. The number of hydrogen-bond acceptors (Lipinski definition) is 2. The normalized spacial score (nSPS) is 10.9. The molecule has 0 atom stereocenters. The maximum Gasteiger partial charge on any atom is 0.132 e. The molecule has 0 aliphatic heterocycles. The summed E-state index contributed by atoms with van der Waals surface area (Å²) in [6, 6.07) is 8.39. The average Bonchev–Trinajstić information content (AvgIpc) is 2.63. The van der Waals surface area contributed by atoms with E-state index in [-0.39, 0.29) is 0 Å². The van der Waals surface area contributed by atoms with Gasteiger partial charge in [-0.2, -0.15) is 0 Å². The third-order valence-electron chi connectivity index (χ3n) is 3.14. The van der Waals surface area contributed by atoms with Crippen LogP contribution in [0, 0.1) is 6.92 Å². The summed E-state index contributed by atoms with van der Waals surface area (Å²) in [5.74, 6) is 1.09. The van der Waals surface area contributed by atoms with E-state index in [0.717, 1.165) is 29.1 Å². The second-order valence-electron chi connectivity index (χ2n) is 4.39. The number of rotatable bonds is 4. The zero-order chi connectivity index (χ0) is 13.1. The van der Waals surface area contributed by atoms with Crippen LogP contribution in [0.15, 0.2) is 28.9 Å². The van der Waals surface area contributed by atoms with Crippen LogP contribution in [0.1, 0.15) is 11.4 Å². The topological polar surface area (TPSA) is 29.9 Å². The van der Waals surface area contributed by atoms with E-state index >= 15 is 0 Å². The Morgan fingerprint density at radius 1 is 1.33 bits per heavy atom. The van der Waals surface area contributed by atoms with Crippen LogP contribution >= 0.6 is 15.9 Å². The number of hydrogen-bond donors (Lipinski definition) is 1. The minimum atomic E-state index is 0.922. The van der Waals surface area contributed by atoms with Gasteiger partial charge in [-0.25, -0.2) is 4.98 Å². The summed E-state index contributed by atoms with van der Waals surface area (Å²) in [6.45, 7) is 3.06. The fourth-order valence-electron chi connectivity index (χ4n) is 2.10. The number of aryl methyl sites for hydroxylation is 1. The lowest BCUT2D eigenvalue weighted by Gasteiger charge is -2.08. The number of nitrogens with zero attached hydrogens (tertiary/aromatic N) is 2. The number of nitrogens with one attached hydrogen (secondary N) is 1. The Morgan fingerprint density at radius 2 is 2.06 bits per heavy atom. The molecule has 0 radical (unpaired) electrons. The van der Waals surface area contributed by atoms with Gasteiger partial charge in [0, 0.05) is 25.6 Å². The minimum Gasteiger partial charge on any atom is -0.330 e. The van der Waals surface area contributed by atoms with Crippen molar-refractivity contribution < 1.29 is 0 Å². The first-order chi connectivity index (χ1) is 8.65. The van der Waals surface area contributed by atoms with Crippen molar-refractivity contribution in [3.63, 3.8) is 0 Å². The molecule has 2 aromatic rings. The van der Waals surface area contributed by atoms with Crippen LogP contribution in [-0.4, -0.2) is 23.1 Å². The lowest BCUT2D eigenvalue weighted by atomic mass is 10.1. The maximum absolute atomic E-state index is 4.60. The smallest absolute Gasteiger partial charge is 0.132 e. The Balaban J connectivity index is 2.46. The van der Waals surface area contributed by atoms with E-state index in [1.54, 1.807) is 0 Å². The minimum absolute atomic E-state index is 0.922. The quantitative estimate of drug-likeness (QED) is 0.941. The lowest BCUT2D eigenvalue weighted by molar-refractivity contribution is 0.720. The molecule has 1 N–H and O–H groups in total. The van der Waals surface area contributed by atoms with Crippen molar-refractivity contribution in [3.05, 3.63) is 40.3 Å². The molecule has 18 heavy (non-hydrogen) atoms. The molecule has 1 aromatic heterocycles. The van der Waals surface area contributed by atoms with E-state index in [1.807, 2.05) is 7.05 Å². The van der Waals surface area contributed by atoms with Gasteiger partial charge in [-0.05, 0) is 35.5 Å². The molecule has 0 saturated carbocycles. The van der Waals surface area contributed by atoms with Gasteiger partial charge in [0.15, 0.2) is 0 Å². The molecule has 0 aliphatic rings. The predicted molar refractivity (Wildman–Crippen MR) is 78.7 cm³/mol. The first-order valence-electron chi connectivity index (χ1n) is 6.07. The van der Waals surface area contributed by atoms with Gasteiger partial charge in [0.25, 0.3) is 0 Å². The van der Waals surface area contributed by atoms with Crippen LogP contribution < -0.4 is 5.32 Å². The fourth-order valence-corrected chi connectivity index (χ4v) is 2.78. The first-order valence-corrected chi connectivity index (χ1v) is 6.86. The SMILES string of the molecule is CNCCc1nc(Br)c(-c2ccccc2C)n1C. The summed E-state index contributed by atoms with van der Waals surface area (Å²) >= 11 is 3.58. The molecule has 0 saturated heterocycles. The van der Waals surface area contributed by atoms with Crippen LogP contribution in [-0.2, 0) is 13.5 Å². The van der Waals surface area contributed by atoms with Crippen molar-refractivity contribution in [1.82, 2.24) is 14.9 Å². The molecule has 2 rings (SSSR count). The summed E-state index contributed by atoms with van der Waals surface area (Å²) in [4.78, 5) is 4.60. The molecule has 0 aliphatic carbocycles. The monoisotopic (exact) mass is 307 g/mol. The third-order valence-corrected chi connectivity index (χ3v) is 3.70. The molecule has 4 heteroatoms. The summed E-state index contributed by atoms with van der Waals surface area (Å²) < 4.78 is 3.09. The van der Waals surface area contributed by atoms with Crippen LogP contribution in [0.2, 0.25) is 0 Å². The number of likely N-dealkylation sites (N-methyl/N-ethyl adjacent to an activating group) is 1. The second kappa shape index (κ2) is 5.67.